The Morgan fingerprint density at radius 3 is 2.03 bits per heavy atom. The van der Waals surface area contributed by atoms with Crippen LogP contribution in [0.15, 0.2) is 54.6 Å². The minimum Gasteiger partial charge on any atom is -0.467 e. The number of benzene rings is 2. The molecule has 0 saturated carbocycles. The summed E-state index contributed by atoms with van der Waals surface area (Å²) in [6, 6.07) is 12.4. The Hall–Kier alpha value is -4.21. The number of amides is 4. The molecule has 172 valence electrons. The quantitative estimate of drug-likeness (QED) is 0.502. The van der Waals surface area contributed by atoms with Gasteiger partial charge >= 0.3 is 12.1 Å². The Bertz CT molecular complexity index is 1050. The van der Waals surface area contributed by atoms with Crippen molar-refractivity contribution >= 4 is 29.8 Å². The van der Waals surface area contributed by atoms with E-state index in [0.717, 1.165) is 12.7 Å². The fourth-order valence-electron chi connectivity index (χ4n) is 3.31. The third-order valence-corrected chi connectivity index (χ3v) is 5.04. The van der Waals surface area contributed by atoms with Gasteiger partial charge in [-0.05, 0) is 31.5 Å². The van der Waals surface area contributed by atoms with Crippen molar-refractivity contribution in [3.63, 3.8) is 0 Å². The number of methoxy groups -OCH3 is 1. The highest BCUT2D eigenvalue weighted by Gasteiger charge is 2.46. The zero-order valence-electron chi connectivity index (χ0n) is 18.3. The van der Waals surface area contributed by atoms with Crippen molar-refractivity contribution < 1.29 is 33.4 Å². The lowest BCUT2D eigenvalue weighted by molar-refractivity contribution is -0.162. The molecule has 3 rings (SSSR count). The van der Waals surface area contributed by atoms with E-state index >= 15 is 0 Å². The molecule has 2 atom stereocenters. The third-order valence-electron chi connectivity index (χ3n) is 5.04. The summed E-state index contributed by atoms with van der Waals surface area (Å²) in [7, 11) is 1.12. The summed E-state index contributed by atoms with van der Waals surface area (Å²) in [4.78, 5) is 63.5. The molecule has 0 spiro atoms. The highest BCUT2D eigenvalue weighted by Crippen LogP contribution is 2.26. The van der Waals surface area contributed by atoms with Gasteiger partial charge in [0.15, 0.2) is 0 Å². The first-order valence-electron chi connectivity index (χ1n) is 10.1. The van der Waals surface area contributed by atoms with E-state index in [1.165, 1.54) is 26.0 Å². The van der Waals surface area contributed by atoms with Gasteiger partial charge in [0.2, 0.25) is 0 Å². The molecular formula is C23H23N3O7. The SMILES string of the molecule is COC(=O)[C@@H](C)N(C(=O)[C@H](C)NC(=O)OCc1ccccc1)N1C(=O)c2ccccc2C1=O. The summed E-state index contributed by atoms with van der Waals surface area (Å²) in [5.74, 6) is -3.25. The molecule has 1 aliphatic rings. The zero-order chi connectivity index (χ0) is 24.1. The van der Waals surface area contributed by atoms with Crippen LogP contribution in [-0.4, -0.2) is 59.0 Å². The number of fused-ring (bicyclic) bond motifs is 1. The van der Waals surface area contributed by atoms with Crippen molar-refractivity contribution in [2.75, 3.05) is 7.11 Å². The molecule has 0 aromatic heterocycles. The van der Waals surface area contributed by atoms with E-state index < -0.39 is 41.9 Å². The normalized spacial score (nSPS) is 14.2. The number of esters is 1. The molecule has 10 heteroatoms. The van der Waals surface area contributed by atoms with Crippen LogP contribution >= 0.6 is 0 Å². The van der Waals surface area contributed by atoms with Crippen LogP contribution in [0.3, 0.4) is 0 Å². The second kappa shape index (κ2) is 9.94. The number of ether oxygens (including phenoxy) is 2. The van der Waals surface area contributed by atoms with Crippen LogP contribution in [0.1, 0.15) is 40.1 Å². The third kappa shape index (κ3) is 4.84. The molecule has 1 aliphatic heterocycles. The summed E-state index contributed by atoms with van der Waals surface area (Å²) in [6.45, 7) is 2.64. The van der Waals surface area contributed by atoms with Gasteiger partial charge in [0.25, 0.3) is 17.7 Å². The van der Waals surface area contributed by atoms with Gasteiger partial charge in [-0.25, -0.2) is 14.6 Å². The molecular weight excluding hydrogens is 430 g/mol. The molecule has 4 amide bonds. The first-order valence-corrected chi connectivity index (χ1v) is 10.1. The molecule has 0 aliphatic carbocycles. The Kier molecular flexibility index (Phi) is 7.07. The average Bonchev–Trinajstić information content (AvgIpc) is 3.08. The van der Waals surface area contributed by atoms with Gasteiger partial charge < -0.3 is 14.8 Å². The van der Waals surface area contributed by atoms with E-state index in [0.29, 0.717) is 10.0 Å². The highest BCUT2D eigenvalue weighted by atomic mass is 16.5. The Morgan fingerprint density at radius 1 is 0.939 bits per heavy atom. The molecule has 0 bridgehead atoms. The fourth-order valence-corrected chi connectivity index (χ4v) is 3.31. The van der Waals surface area contributed by atoms with Crippen LogP contribution in [0, 0.1) is 0 Å². The van der Waals surface area contributed by atoms with Gasteiger partial charge in [-0.1, -0.05) is 42.5 Å². The number of nitrogens with one attached hydrogen (secondary N) is 1. The van der Waals surface area contributed by atoms with E-state index in [1.807, 2.05) is 6.07 Å². The van der Waals surface area contributed by atoms with E-state index in [1.54, 1.807) is 36.4 Å². The standard InChI is InChI=1S/C23H23N3O7/c1-14(24-23(31)33-13-16-9-5-4-6-10-16)19(27)25(15(2)22(30)32-3)26-20(28)17-11-7-8-12-18(17)21(26)29/h4-12,14-15H,13H2,1-3H3,(H,24,31)/t14-,15+/m0/s1. The minimum atomic E-state index is -1.32. The van der Waals surface area contributed by atoms with Crippen molar-refractivity contribution in [1.82, 2.24) is 15.3 Å². The Labute approximate surface area is 190 Å². The van der Waals surface area contributed by atoms with Crippen molar-refractivity contribution in [2.24, 2.45) is 0 Å². The molecule has 0 radical (unpaired) electrons. The first-order chi connectivity index (χ1) is 15.8. The topological polar surface area (TPSA) is 122 Å². The van der Waals surface area contributed by atoms with Gasteiger partial charge in [0, 0.05) is 0 Å². The predicted octanol–water partition coefficient (Wildman–Crippen LogP) is 1.90. The van der Waals surface area contributed by atoms with Gasteiger partial charge in [0.05, 0.1) is 18.2 Å². The summed E-state index contributed by atoms with van der Waals surface area (Å²) >= 11 is 0. The van der Waals surface area contributed by atoms with Crippen LogP contribution in [0.5, 0.6) is 0 Å². The Balaban J connectivity index is 1.79. The minimum absolute atomic E-state index is 0.0196. The smallest absolute Gasteiger partial charge is 0.408 e. The fraction of sp³-hybridized carbons (Fsp3) is 0.261. The number of rotatable bonds is 7. The van der Waals surface area contributed by atoms with Crippen LogP contribution in [0.2, 0.25) is 0 Å². The van der Waals surface area contributed by atoms with Crippen molar-refractivity contribution in [2.45, 2.75) is 32.5 Å². The van der Waals surface area contributed by atoms with Crippen LogP contribution in [0.25, 0.3) is 0 Å². The zero-order valence-corrected chi connectivity index (χ0v) is 18.3. The summed E-state index contributed by atoms with van der Waals surface area (Å²) in [5.41, 5.74) is 0.944. The number of carbonyl (C=O) groups is 5. The molecule has 0 fully saturated rings. The maximum absolute atomic E-state index is 13.2. The molecule has 10 nitrogen and oxygen atoms in total. The van der Waals surface area contributed by atoms with Gasteiger partial charge in [-0.2, -0.15) is 5.01 Å². The van der Waals surface area contributed by atoms with Crippen molar-refractivity contribution in [3.8, 4) is 0 Å². The summed E-state index contributed by atoms with van der Waals surface area (Å²) in [5, 5.41) is 3.67. The largest absolute Gasteiger partial charge is 0.467 e. The van der Waals surface area contributed by atoms with E-state index in [9.17, 15) is 24.0 Å². The summed E-state index contributed by atoms with van der Waals surface area (Å²) in [6.07, 6.45) is -0.882. The maximum Gasteiger partial charge on any atom is 0.408 e. The van der Waals surface area contributed by atoms with Crippen molar-refractivity contribution in [1.29, 1.82) is 0 Å². The monoisotopic (exact) mass is 453 g/mol. The van der Waals surface area contributed by atoms with Crippen LogP contribution < -0.4 is 5.32 Å². The van der Waals surface area contributed by atoms with Crippen LogP contribution in [-0.2, 0) is 25.7 Å². The molecule has 1 heterocycles. The van der Waals surface area contributed by atoms with Gasteiger partial charge in [-0.15, -0.1) is 0 Å². The number of hydrazine groups is 1. The lowest BCUT2D eigenvalue weighted by Crippen LogP contribution is -2.60. The number of hydrogen-bond donors (Lipinski definition) is 1. The van der Waals surface area contributed by atoms with E-state index in [4.69, 9.17) is 9.47 Å². The van der Waals surface area contributed by atoms with Crippen LogP contribution in [0.4, 0.5) is 4.79 Å². The van der Waals surface area contributed by atoms with E-state index in [-0.39, 0.29) is 17.7 Å². The number of alkyl carbamates (subject to hydrolysis) is 1. The summed E-state index contributed by atoms with van der Waals surface area (Å²) < 4.78 is 9.82. The predicted molar refractivity (Wildman–Crippen MR) is 114 cm³/mol. The molecule has 0 unspecified atom stereocenters. The first kappa shape index (κ1) is 23.5. The second-order valence-corrected chi connectivity index (χ2v) is 7.28. The lowest BCUT2D eigenvalue weighted by atomic mass is 10.1. The number of carbonyl (C=O) groups excluding carboxylic acids is 5. The second-order valence-electron chi connectivity index (χ2n) is 7.28. The molecule has 2 aromatic rings. The Morgan fingerprint density at radius 2 is 1.48 bits per heavy atom. The number of imide groups is 1. The van der Waals surface area contributed by atoms with Gasteiger partial charge in [0.1, 0.15) is 18.7 Å². The lowest BCUT2D eigenvalue weighted by Gasteiger charge is -2.35. The number of hydrogen-bond acceptors (Lipinski definition) is 7. The van der Waals surface area contributed by atoms with E-state index in [2.05, 4.69) is 5.32 Å². The molecule has 0 saturated heterocycles. The molecule has 2 aromatic carbocycles. The van der Waals surface area contributed by atoms with Gasteiger partial charge in [-0.3, -0.25) is 14.4 Å². The molecule has 33 heavy (non-hydrogen) atoms. The van der Waals surface area contributed by atoms with Crippen molar-refractivity contribution in [3.05, 3.63) is 71.3 Å². The molecule has 1 N–H and O–H groups in total. The maximum atomic E-state index is 13.2. The highest BCUT2D eigenvalue weighted by molar-refractivity contribution is 6.22. The average molecular weight is 453 g/mol. The number of nitrogens with zero attached hydrogens (tertiary/aromatic N) is 2.